The molecule has 5 heteroatoms. The first-order chi connectivity index (χ1) is 8.55. The first-order valence-electron chi connectivity index (χ1n) is 6.00. The Kier molecular flexibility index (Phi) is 3.61. The molecule has 0 radical (unpaired) electrons. The van der Waals surface area contributed by atoms with Crippen molar-refractivity contribution < 1.29 is 13.6 Å². The molecule has 1 aromatic rings. The number of amides is 1. The maximum atomic E-state index is 13.9. The van der Waals surface area contributed by atoms with Crippen LogP contribution in [0.25, 0.3) is 0 Å². The predicted molar refractivity (Wildman–Crippen MR) is 64.0 cm³/mol. The Bertz CT molecular complexity index is 418. The van der Waals surface area contributed by atoms with Crippen molar-refractivity contribution in [2.45, 2.75) is 24.8 Å². The molecule has 1 saturated carbocycles. The number of nitrogens with two attached hydrogens (primary N) is 1. The van der Waals surface area contributed by atoms with Crippen LogP contribution in [-0.4, -0.2) is 18.5 Å². The largest absolute Gasteiger partial charge is 0.349 e. The third kappa shape index (κ3) is 2.67. The van der Waals surface area contributed by atoms with E-state index in [-0.39, 0.29) is 24.1 Å². The smallest absolute Gasteiger partial charge is 0.346 e. The molecule has 3 N–H and O–H groups in total. The summed E-state index contributed by atoms with van der Waals surface area (Å²) in [4.78, 5) is 11.7. The molecule has 1 aromatic carbocycles. The number of halogens is 2. The van der Waals surface area contributed by atoms with Crippen LogP contribution in [-0.2, 0) is 10.7 Å². The zero-order valence-electron chi connectivity index (χ0n) is 9.90. The van der Waals surface area contributed by atoms with Crippen molar-refractivity contribution in [2.24, 2.45) is 11.7 Å². The van der Waals surface area contributed by atoms with Crippen LogP contribution in [0.2, 0.25) is 0 Å². The molecule has 0 spiro atoms. The Balaban J connectivity index is 2.07. The Morgan fingerprint density at radius 2 is 2.00 bits per heavy atom. The average molecular weight is 254 g/mol. The van der Waals surface area contributed by atoms with Crippen LogP contribution < -0.4 is 11.1 Å². The topological polar surface area (TPSA) is 55.1 Å². The summed E-state index contributed by atoms with van der Waals surface area (Å²) in [5.74, 6) is -4.52. The normalized spacial score (nSPS) is 17.3. The summed E-state index contributed by atoms with van der Waals surface area (Å²) < 4.78 is 27.8. The van der Waals surface area contributed by atoms with Gasteiger partial charge in [0.25, 0.3) is 5.91 Å². The van der Waals surface area contributed by atoms with Gasteiger partial charge >= 0.3 is 5.92 Å². The number of hydrogen-bond donors (Lipinski definition) is 2. The van der Waals surface area contributed by atoms with Crippen LogP contribution in [0.4, 0.5) is 8.78 Å². The van der Waals surface area contributed by atoms with Gasteiger partial charge in [0.2, 0.25) is 0 Å². The molecule has 0 bridgehead atoms. The molecule has 1 aliphatic carbocycles. The highest BCUT2D eigenvalue weighted by Gasteiger charge is 2.43. The first-order valence-corrected chi connectivity index (χ1v) is 6.00. The highest BCUT2D eigenvalue weighted by atomic mass is 19.3. The molecule has 1 fully saturated rings. The highest BCUT2D eigenvalue weighted by Crippen LogP contribution is 2.34. The predicted octanol–water partition coefficient (Wildman–Crippen LogP) is 1.63. The fraction of sp³-hybridized carbons (Fsp3) is 0.462. The number of rotatable bonds is 5. The van der Waals surface area contributed by atoms with Gasteiger partial charge < -0.3 is 11.1 Å². The van der Waals surface area contributed by atoms with E-state index in [1.54, 1.807) is 6.07 Å². The number of benzene rings is 1. The van der Waals surface area contributed by atoms with E-state index in [1.807, 2.05) is 0 Å². The van der Waals surface area contributed by atoms with Crippen LogP contribution in [0.15, 0.2) is 30.3 Å². The van der Waals surface area contributed by atoms with E-state index >= 15 is 0 Å². The van der Waals surface area contributed by atoms with Crippen LogP contribution in [0.5, 0.6) is 0 Å². The molecule has 0 heterocycles. The summed E-state index contributed by atoms with van der Waals surface area (Å²) in [7, 11) is 0. The van der Waals surface area contributed by atoms with Gasteiger partial charge in [0.1, 0.15) is 0 Å². The van der Waals surface area contributed by atoms with Crippen molar-refractivity contribution >= 4 is 5.91 Å². The number of alkyl halides is 2. The molecule has 1 atom stereocenters. The van der Waals surface area contributed by atoms with Crippen LogP contribution >= 0.6 is 0 Å². The second kappa shape index (κ2) is 5.02. The Morgan fingerprint density at radius 1 is 1.39 bits per heavy atom. The molecule has 0 saturated heterocycles. The SMILES string of the molecule is NCC(NC(=O)C(F)(F)c1ccccc1)C1CC1. The Morgan fingerprint density at radius 3 is 2.50 bits per heavy atom. The monoisotopic (exact) mass is 254 g/mol. The lowest BCUT2D eigenvalue weighted by Gasteiger charge is -2.21. The molecule has 2 rings (SSSR count). The van der Waals surface area contributed by atoms with E-state index < -0.39 is 11.8 Å². The molecule has 0 aromatic heterocycles. The molecule has 98 valence electrons. The van der Waals surface area contributed by atoms with Crippen molar-refractivity contribution in [3.63, 3.8) is 0 Å². The van der Waals surface area contributed by atoms with Crippen molar-refractivity contribution in [3.05, 3.63) is 35.9 Å². The zero-order chi connectivity index (χ0) is 13.2. The van der Waals surface area contributed by atoms with Gasteiger partial charge in [-0.2, -0.15) is 8.78 Å². The van der Waals surface area contributed by atoms with Gasteiger partial charge in [-0.1, -0.05) is 30.3 Å². The van der Waals surface area contributed by atoms with Crippen molar-refractivity contribution in [3.8, 4) is 0 Å². The fourth-order valence-corrected chi connectivity index (χ4v) is 1.91. The molecule has 0 aliphatic heterocycles. The quantitative estimate of drug-likeness (QED) is 0.839. The minimum absolute atomic E-state index is 0.196. The van der Waals surface area contributed by atoms with E-state index in [0.29, 0.717) is 0 Å². The van der Waals surface area contributed by atoms with Gasteiger partial charge in [0, 0.05) is 18.2 Å². The maximum absolute atomic E-state index is 13.9. The van der Waals surface area contributed by atoms with Crippen molar-refractivity contribution in [1.29, 1.82) is 0 Å². The Hall–Kier alpha value is -1.49. The van der Waals surface area contributed by atoms with Crippen molar-refractivity contribution in [2.75, 3.05) is 6.54 Å². The molecule has 18 heavy (non-hydrogen) atoms. The molecule has 1 aliphatic rings. The molecule has 1 unspecified atom stereocenters. The van der Waals surface area contributed by atoms with Gasteiger partial charge in [0.05, 0.1) is 0 Å². The lowest BCUT2D eigenvalue weighted by Crippen LogP contribution is -2.47. The van der Waals surface area contributed by atoms with Gasteiger partial charge in [-0.25, -0.2) is 0 Å². The Labute approximate surface area is 104 Å². The van der Waals surface area contributed by atoms with E-state index in [0.717, 1.165) is 12.8 Å². The number of carbonyl (C=O) groups excluding carboxylic acids is 1. The third-order valence-corrected chi connectivity index (χ3v) is 3.18. The van der Waals surface area contributed by atoms with Crippen LogP contribution in [0.3, 0.4) is 0 Å². The summed E-state index contributed by atoms with van der Waals surface area (Å²) >= 11 is 0. The highest BCUT2D eigenvalue weighted by molar-refractivity contribution is 5.85. The minimum atomic E-state index is -3.51. The fourth-order valence-electron chi connectivity index (χ4n) is 1.91. The van der Waals surface area contributed by atoms with Gasteiger partial charge in [-0.05, 0) is 18.8 Å². The average Bonchev–Trinajstić information content (AvgIpc) is 3.21. The summed E-state index contributed by atoms with van der Waals surface area (Å²) in [6.45, 7) is 0.196. The summed E-state index contributed by atoms with van der Waals surface area (Å²) in [5, 5.41) is 2.35. The standard InChI is InChI=1S/C13H16F2N2O/c14-13(15,10-4-2-1-3-5-10)12(18)17-11(8-16)9-6-7-9/h1-5,9,11H,6-8,16H2,(H,17,18). The zero-order valence-corrected chi connectivity index (χ0v) is 9.90. The lowest BCUT2D eigenvalue weighted by atomic mass is 10.1. The molecular formula is C13H16F2N2O. The molecule has 1 amide bonds. The minimum Gasteiger partial charge on any atom is -0.346 e. The number of carbonyl (C=O) groups is 1. The molecular weight excluding hydrogens is 238 g/mol. The van der Waals surface area contributed by atoms with Crippen LogP contribution in [0, 0.1) is 5.92 Å². The maximum Gasteiger partial charge on any atom is 0.349 e. The first kappa shape index (κ1) is 13.0. The van der Waals surface area contributed by atoms with Gasteiger partial charge in [-0.3, -0.25) is 4.79 Å². The molecule has 3 nitrogen and oxygen atoms in total. The van der Waals surface area contributed by atoms with Crippen LogP contribution in [0.1, 0.15) is 18.4 Å². The third-order valence-electron chi connectivity index (χ3n) is 3.18. The van der Waals surface area contributed by atoms with Crippen molar-refractivity contribution in [1.82, 2.24) is 5.32 Å². The van der Waals surface area contributed by atoms with Gasteiger partial charge in [-0.15, -0.1) is 0 Å². The van der Waals surface area contributed by atoms with Gasteiger partial charge in [0.15, 0.2) is 0 Å². The van der Waals surface area contributed by atoms with E-state index in [4.69, 9.17) is 5.73 Å². The summed E-state index contributed by atoms with van der Waals surface area (Å²) in [5.41, 5.74) is 5.19. The number of nitrogens with one attached hydrogen (secondary N) is 1. The lowest BCUT2D eigenvalue weighted by molar-refractivity contribution is -0.147. The second-order valence-electron chi connectivity index (χ2n) is 4.59. The van der Waals surface area contributed by atoms with E-state index in [9.17, 15) is 13.6 Å². The summed E-state index contributed by atoms with van der Waals surface area (Å²) in [6, 6.07) is 6.74. The van der Waals surface area contributed by atoms with E-state index in [2.05, 4.69) is 5.32 Å². The second-order valence-corrected chi connectivity index (χ2v) is 4.59. The van der Waals surface area contributed by atoms with E-state index in [1.165, 1.54) is 24.3 Å². The summed E-state index contributed by atoms with van der Waals surface area (Å²) in [6.07, 6.45) is 1.89. The number of hydrogen-bond acceptors (Lipinski definition) is 2.